The first-order valence-corrected chi connectivity index (χ1v) is 0. The van der Waals surface area contributed by atoms with E-state index in [0.29, 0.717) is 0 Å². The van der Waals surface area contributed by atoms with Crippen LogP contribution in [-0.2, 0) is 21.7 Å². The SMILES string of the molecule is Cl.Cl.I.I.[Ti]. The Morgan fingerprint density at radius 3 is 0.600 bits per heavy atom. The van der Waals surface area contributed by atoms with Crippen LogP contribution in [0.3, 0.4) is 0 Å². The molecule has 0 spiro atoms. The van der Waals surface area contributed by atoms with Gasteiger partial charge >= 0.3 is 0 Å². The van der Waals surface area contributed by atoms with Crippen LogP contribution >= 0.6 is 72.8 Å². The summed E-state index contributed by atoms with van der Waals surface area (Å²) in [5.74, 6) is 0. The average Bonchev–Trinajstić information content (AvgIpc) is 0. The summed E-state index contributed by atoms with van der Waals surface area (Å²) in [5.41, 5.74) is 0. The van der Waals surface area contributed by atoms with Crippen LogP contribution in [-0.4, -0.2) is 0 Å². The molecule has 5 heteroatoms. The summed E-state index contributed by atoms with van der Waals surface area (Å²) < 4.78 is 0. The predicted molar refractivity (Wildman–Crippen MR) is 45.3 cm³/mol. The van der Waals surface area contributed by atoms with E-state index in [2.05, 4.69) is 0 Å². The van der Waals surface area contributed by atoms with Crippen molar-refractivity contribution in [3.63, 3.8) is 0 Å². The molecule has 0 aliphatic carbocycles. The van der Waals surface area contributed by atoms with Crippen molar-refractivity contribution in [3.8, 4) is 0 Å². The summed E-state index contributed by atoms with van der Waals surface area (Å²) in [5, 5.41) is 0. The van der Waals surface area contributed by atoms with Crippen molar-refractivity contribution in [3.05, 3.63) is 0 Å². The van der Waals surface area contributed by atoms with Crippen molar-refractivity contribution in [2.24, 2.45) is 0 Å². The van der Waals surface area contributed by atoms with Gasteiger partial charge in [0.25, 0.3) is 0 Å². The third-order valence-electron chi connectivity index (χ3n) is 0. The molecule has 5 heavy (non-hydrogen) atoms. The number of halogens is 4. The van der Waals surface area contributed by atoms with Gasteiger partial charge in [-0.25, -0.2) is 0 Å². The van der Waals surface area contributed by atoms with Gasteiger partial charge in [0, 0.05) is 21.7 Å². The fraction of sp³-hybridized carbons (Fsp3) is 0. The van der Waals surface area contributed by atoms with Gasteiger partial charge in [0.05, 0.1) is 0 Å². The monoisotopic (exact) mass is 376 g/mol. The van der Waals surface area contributed by atoms with Gasteiger partial charge in [-0.1, -0.05) is 0 Å². The van der Waals surface area contributed by atoms with Gasteiger partial charge in [0.2, 0.25) is 0 Å². The van der Waals surface area contributed by atoms with Crippen molar-refractivity contribution in [1.29, 1.82) is 0 Å². The maximum absolute atomic E-state index is 0. The largest absolute Gasteiger partial charge is 0.147 e. The maximum Gasteiger partial charge on any atom is 0 e. The summed E-state index contributed by atoms with van der Waals surface area (Å²) in [6, 6.07) is 0. The molecule has 0 atom stereocenters. The van der Waals surface area contributed by atoms with Gasteiger partial charge in [-0.3, -0.25) is 0 Å². The second-order valence-corrected chi connectivity index (χ2v) is 0. The third kappa shape index (κ3) is 20.1. The maximum atomic E-state index is 0. The molecule has 0 radical (unpaired) electrons. The second kappa shape index (κ2) is 29.5. The van der Waals surface area contributed by atoms with E-state index >= 15 is 0 Å². The van der Waals surface area contributed by atoms with E-state index in [-0.39, 0.29) is 94.5 Å². The van der Waals surface area contributed by atoms with Crippen molar-refractivity contribution in [2.75, 3.05) is 0 Å². The Labute approximate surface area is 93.0 Å². The van der Waals surface area contributed by atoms with Gasteiger partial charge in [0.15, 0.2) is 0 Å². The van der Waals surface area contributed by atoms with Crippen LogP contribution in [0.15, 0.2) is 0 Å². The molecule has 0 saturated carbocycles. The molecule has 0 saturated heterocycles. The Kier molecular flexibility index (Phi) is 275. The van der Waals surface area contributed by atoms with Crippen molar-refractivity contribution in [1.82, 2.24) is 0 Å². The van der Waals surface area contributed by atoms with Gasteiger partial charge < -0.3 is 0 Å². The topological polar surface area (TPSA) is 0 Å². The van der Waals surface area contributed by atoms with E-state index in [0.717, 1.165) is 0 Å². The minimum atomic E-state index is 0. The van der Waals surface area contributed by atoms with Crippen LogP contribution in [0.25, 0.3) is 0 Å². The molecule has 36 valence electrons. The summed E-state index contributed by atoms with van der Waals surface area (Å²) in [6.07, 6.45) is 0. The minimum Gasteiger partial charge on any atom is -0.147 e. The zero-order chi connectivity index (χ0) is 0. The van der Waals surface area contributed by atoms with Crippen LogP contribution in [0.2, 0.25) is 0 Å². The number of hydrogen-bond donors (Lipinski definition) is 0. The zero-order valence-corrected chi connectivity index (χ0v) is 9.99. The summed E-state index contributed by atoms with van der Waals surface area (Å²) >= 11 is 0. The van der Waals surface area contributed by atoms with Gasteiger partial charge in [-0.05, 0) is 0 Å². The molecule has 0 aliphatic rings. The Morgan fingerprint density at radius 2 is 0.600 bits per heavy atom. The molecule has 0 nitrogen and oxygen atoms in total. The molecular weight excluding hydrogens is 373 g/mol. The minimum absolute atomic E-state index is 0. The molecule has 0 fully saturated rings. The number of rotatable bonds is 0. The molecule has 0 rings (SSSR count). The van der Waals surface area contributed by atoms with E-state index in [4.69, 9.17) is 0 Å². The fourth-order valence-corrected chi connectivity index (χ4v) is 0. The third-order valence-corrected chi connectivity index (χ3v) is 0. The standard InChI is InChI=1S/2ClH.2HI.Ti/h4*1H;. The van der Waals surface area contributed by atoms with Crippen LogP contribution in [0.1, 0.15) is 0 Å². The van der Waals surface area contributed by atoms with Crippen molar-refractivity contribution >= 4 is 72.8 Å². The molecule has 0 heterocycles. The van der Waals surface area contributed by atoms with E-state index in [1.165, 1.54) is 0 Å². The van der Waals surface area contributed by atoms with Crippen LogP contribution in [0, 0.1) is 0 Å². The Balaban J connectivity index is 0. The normalized spacial score (nSPS) is 0. The molecule has 0 aromatic rings. The van der Waals surface area contributed by atoms with Crippen molar-refractivity contribution < 1.29 is 21.7 Å². The second-order valence-electron chi connectivity index (χ2n) is 0. The molecule has 0 aliphatic heterocycles. The van der Waals surface area contributed by atoms with Crippen LogP contribution in [0.5, 0.6) is 0 Å². The Morgan fingerprint density at radius 1 is 0.600 bits per heavy atom. The molecule has 0 bridgehead atoms. The molecule has 0 N–H and O–H groups in total. The molecule has 0 unspecified atom stereocenters. The summed E-state index contributed by atoms with van der Waals surface area (Å²) in [6.45, 7) is 0. The first-order chi connectivity index (χ1) is 0. The molecule has 0 aromatic carbocycles. The predicted octanol–water partition coefficient (Wildman–Crippen LogP) is 2.08. The van der Waals surface area contributed by atoms with E-state index in [1.807, 2.05) is 0 Å². The summed E-state index contributed by atoms with van der Waals surface area (Å²) in [7, 11) is 0. The summed E-state index contributed by atoms with van der Waals surface area (Å²) in [4.78, 5) is 0. The van der Waals surface area contributed by atoms with E-state index in [9.17, 15) is 0 Å². The van der Waals surface area contributed by atoms with Gasteiger partial charge in [-0.2, -0.15) is 0 Å². The molecule has 0 amide bonds. The van der Waals surface area contributed by atoms with Crippen LogP contribution < -0.4 is 0 Å². The first kappa shape index (κ1) is 46.6. The van der Waals surface area contributed by atoms with Gasteiger partial charge in [-0.15, -0.1) is 72.8 Å². The van der Waals surface area contributed by atoms with Crippen LogP contribution in [0.4, 0.5) is 0 Å². The molecular formula is H4Cl2I2Ti. The van der Waals surface area contributed by atoms with Crippen molar-refractivity contribution in [2.45, 2.75) is 0 Å². The average molecular weight is 377 g/mol. The smallest absolute Gasteiger partial charge is 0 e. The number of hydrogen-bond acceptors (Lipinski definition) is 0. The van der Waals surface area contributed by atoms with E-state index < -0.39 is 0 Å². The van der Waals surface area contributed by atoms with E-state index in [1.54, 1.807) is 0 Å². The van der Waals surface area contributed by atoms with Gasteiger partial charge in [0.1, 0.15) is 0 Å². The molecule has 0 aromatic heterocycles. The zero-order valence-electron chi connectivity index (χ0n) is 2.13. The fourth-order valence-electron chi connectivity index (χ4n) is 0. The quantitative estimate of drug-likeness (QED) is 0.449. The Bertz CT molecular complexity index is 7.61. The Hall–Kier alpha value is 2.75. The first-order valence-electron chi connectivity index (χ1n) is 0.